The van der Waals surface area contributed by atoms with Crippen LogP contribution in [0.25, 0.3) is 0 Å². The van der Waals surface area contributed by atoms with Crippen LogP contribution in [0.2, 0.25) is 0 Å². The summed E-state index contributed by atoms with van der Waals surface area (Å²) in [6.07, 6.45) is 2.37. The van der Waals surface area contributed by atoms with Crippen LogP contribution in [0.3, 0.4) is 0 Å². The van der Waals surface area contributed by atoms with E-state index in [0.29, 0.717) is 0 Å². The first-order valence-corrected chi connectivity index (χ1v) is 8.51. The summed E-state index contributed by atoms with van der Waals surface area (Å²) in [6, 6.07) is 8.53. The molecule has 1 aliphatic rings. The maximum atomic E-state index is 6.25. The highest BCUT2D eigenvalue weighted by Gasteiger charge is 2.12. The number of thioether (sulfide) groups is 1. The highest BCUT2D eigenvalue weighted by atomic mass is 79.9. The van der Waals surface area contributed by atoms with E-state index < -0.39 is 0 Å². The molecule has 1 unspecified atom stereocenters. The molecule has 0 aliphatic carbocycles. The molecule has 4 heteroatoms. The highest BCUT2D eigenvalue weighted by molar-refractivity contribution is 9.10. The molecule has 1 atom stereocenters. The van der Waals surface area contributed by atoms with Crippen LogP contribution in [0.4, 0.5) is 0 Å². The fraction of sp³-hybridized carbons (Fsp3) is 0.571. The SMILES string of the molecule is NC(CCN1CCCSCC1)c1ccc(Br)cc1. The minimum atomic E-state index is 0.161. The Balaban J connectivity index is 1.80. The molecule has 0 spiro atoms. The molecule has 100 valence electrons. The highest BCUT2D eigenvalue weighted by Crippen LogP contribution is 2.18. The maximum absolute atomic E-state index is 6.25. The van der Waals surface area contributed by atoms with E-state index in [1.165, 1.54) is 36.6 Å². The van der Waals surface area contributed by atoms with Crippen molar-refractivity contribution in [1.29, 1.82) is 0 Å². The van der Waals surface area contributed by atoms with E-state index in [0.717, 1.165) is 17.4 Å². The van der Waals surface area contributed by atoms with E-state index in [1.54, 1.807) is 0 Å². The molecule has 0 bridgehead atoms. The van der Waals surface area contributed by atoms with Crippen LogP contribution in [0, 0.1) is 0 Å². The number of nitrogens with two attached hydrogens (primary N) is 1. The lowest BCUT2D eigenvalue weighted by Crippen LogP contribution is -2.29. The van der Waals surface area contributed by atoms with Crippen molar-refractivity contribution < 1.29 is 0 Å². The number of nitrogens with zero attached hydrogens (tertiary/aromatic N) is 1. The number of halogens is 1. The second-order valence-corrected chi connectivity index (χ2v) is 6.89. The van der Waals surface area contributed by atoms with Crippen molar-refractivity contribution >= 4 is 27.7 Å². The normalized spacial score (nSPS) is 19.4. The zero-order valence-corrected chi connectivity index (χ0v) is 13.0. The molecule has 1 aromatic rings. The van der Waals surface area contributed by atoms with Crippen molar-refractivity contribution in [1.82, 2.24) is 4.90 Å². The van der Waals surface area contributed by atoms with Gasteiger partial charge in [0.05, 0.1) is 0 Å². The minimum Gasteiger partial charge on any atom is -0.324 e. The second kappa shape index (κ2) is 7.53. The smallest absolute Gasteiger partial charge is 0.0307 e. The van der Waals surface area contributed by atoms with Gasteiger partial charge in [-0.15, -0.1) is 0 Å². The molecular formula is C14H21BrN2S. The van der Waals surface area contributed by atoms with Gasteiger partial charge in [-0.25, -0.2) is 0 Å². The van der Waals surface area contributed by atoms with Gasteiger partial charge in [0.1, 0.15) is 0 Å². The third kappa shape index (κ3) is 4.57. The van der Waals surface area contributed by atoms with Gasteiger partial charge in [0, 0.05) is 22.8 Å². The van der Waals surface area contributed by atoms with Gasteiger partial charge < -0.3 is 10.6 Å². The molecular weight excluding hydrogens is 308 g/mol. The Kier molecular flexibility index (Phi) is 6.02. The Bertz CT molecular complexity index is 347. The van der Waals surface area contributed by atoms with Crippen molar-refractivity contribution in [3.05, 3.63) is 34.3 Å². The first kappa shape index (κ1) is 14.4. The third-order valence-corrected chi connectivity index (χ3v) is 4.95. The van der Waals surface area contributed by atoms with Gasteiger partial charge >= 0.3 is 0 Å². The van der Waals surface area contributed by atoms with Crippen molar-refractivity contribution in [3.63, 3.8) is 0 Å². The summed E-state index contributed by atoms with van der Waals surface area (Å²) in [7, 11) is 0. The fourth-order valence-corrected chi connectivity index (χ4v) is 3.41. The van der Waals surface area contributed by atoms with E-state index in [1.807, 2.05) is 0 Å². The summed E-state index contributed by atoms with van der Waals surface area (Å²) in [6.45, 7) is 3.58. The van der Waals surface area contributed by atoms with Gasteiger partial charge in [0.25, 0.3) is 0 Å². The zero-order valence-electron chi connectivity index (χ0n) is 10.6. The molecule has 0 radical (unpaired) electrons. The molecule has 1 aromatic carbocycles. The quantitative estimate of drug-likeness (QED) is 0.919. The van der Waals surface area contributed by atoms with Crippen LogP contribution in [-0.4, -0.2) is 36.0 Å². The van der Waals surface area contributed by atoms with E-state index in [4.69, 9.17) is 5.73 Å². The first-order chi connectivity index (χ1) is 8.75. The predicted molar refractivity (Wildman–Crippen MR) is 84.1 cm³/mol. The van der Waals surface area contributed by atoms with Gasteiger partial charge in [0.15, 0.2) is 0 Å². The molecule has 18 heavy (non-hydrogen) atoms. The fourth-order valence-electron chi connectivity index (χ4n) is 2.22. The largest absolute Gasteiger partial charge is 0.324 e. The Labute approximate surface area is 122 Å². The molecule has 1 saturated heterocycles. The van der Waals surface area contributed by atoms with Crippen LogP contribution in [-0.2, 0) is 0 Å². The van der Waals surface area contributed by atoms with Crippen molar-refractivity contribution in [2.75, 3.05) is 31.1 Å². The van der Waals surface area contributed by atoms with Crippen molar-refractivity contribution in [2.24, 2.45) is 5.73 Å². The first-order valence-electron chi connectivity index (χ1n) is 6.57. The number of hydrogen-bond donors (Lipinski definition) is 1. The van der Waals surface area contributed by atoms with E-state index >= 15 is 0 Å². The Hall–Kier alpha value is -0.0300. The van der Waals surface area contributed by atoms with Crippen molar-refractivity contribution in [2.45, 2.75) is 18.9 Å². The molecule has 1 fully saturated rings. The molecule has 0 saturated carbocycles. The zero-order chi connectivity index (χ0) is 12.8. The maximum Gasteiger partial charge on any atom is 0.0307 e. The Morgan fingerprint density at radius 2 is 2.00 bits per heavy atom. The Morgan fingerprint density at radius 1 is 1.22 bits per heavy atom. The van der Waals surface area contributed by atoms with Gasteiger partial charge in [-0.3, -0.25) is 0 Å². The van der Waals surface area contributed by atoms with Crippen LogP contribution in [0.1, 0.15) is 24.4 Å². The standard InChI is InChI=1S/C14H21BrN2S/c15-13-4-2-12(3-5-13)14(16)6-8-17-7-1-10-18-11-9-17/h2-5,14H,1,6-11,16H2. The monoisotopic (exact) mass is 328 g/mol. The van der Waals surface area contributed by atoms with E-state index in [-0.39, 0.29) is 6.04 Å². The van der Waals surface area contributed by atoms with Gasteiger partial charge in [0.2, 0.25) is 0 Å². The molecule has 2 N–H and O–H groups in total. The number of rotatable bonds is 4. The topological polar surface area (TPSA) is 29.3 Å². The summed E-state index contributed by atoms with van der Waals surface area (Å²) in [5.74, 6) is 2.59. The lowest BCUT2D eigenvalue weighted by molar-refractivity contribution is 0.283. The summed E-state index contributed by atoms with van der Waals surface area (Å²) >= 11 is 5.53. The summed E-state index contributed by atoms with van der Waals surface area (Å²) in [5.41, 5.74) is 7.49. The predicted octanol–water partition coefficient (Wildman–Crippen LogP) is 3.28. The van der Waals surface area contributed by atoms with Crippen LogP contribution >= 0.6 is 27.7 Å². The lowest BCUT2D eigenvalue weighted by Gasteiger charge is -2.21. The van der Waals surface area contributed by atoms with Gasteiger partial charge in [-0.1, -0.05) is 28.1 Å². The molecule has 2 nitrogen and oxygen atoms in total. The summed E-state index contributed by atoms with van der Waals surface area (Å²) in [4.78, 5) is 2.55. The molecule has 2 rings (SSSR count). The van der Waals surface area contributed by atoms with Gasteiger partial charge in [-0.2, -0.15) is 11.8 Å². The van der Waals surface area contributed by atoms with Crippen LogP contribution < -0.4 is 5.73 Å². The lowest BCUT2D eigenvalue weighted by atomic mass is 10.0. The van der Waals surface area contributed by atoms with Crippen LogP contribution in [0.15, 0.2) is 28.7 Å². The van der Waals surface area contributed by atoms with Crippen molar-refractivity contribution in [3.8, 4) is 0 Å². The van der Waals surface area contributed by atoms with E-state index in [2.05, 4.69) is 56.9 Å². The Morgan fingerprint density at radius 3 is 2.78 bits per heavy atom. The average Bonchev–Trinajstić information content (AvgIpc) is 2.65. The molecule has 0 aromatic heterocycles. The summed E-state index contributed by atoms with van der Waals surface area (Å²) < 4.78 is 1.11. The number of hydrogen-bond acceptors (Lipinski definition) is 3. The molecule has 0 amide bonds. The molecule has 1 aliphatic heterocycles. The summed E-state index contributed by atoms with van der Waals surface area (Å²) in [5, 5.41) is 0. The average molecular weight is 329 g/mol. The molecule has 1 heterocycles. The van der Waals surface area contributed by atoms with E-state index in [9.17, 15) is 0 Å². The minimum absolute atomic E-state index is 0.161. The van der Waals surface area contributed by atoms with Gasteiger partial charge in [-0.05, 0) is 49.4 Å². The third-order valence-electron chi connectivity index (χ3n) is 3.37. The second-order valence-electron chi connectivity index (χ2n) is 4.75. The number of benzene rings is 1. The van der Waals surface area contributed by atoms with Crippen LogP contribution in [0.5, 0.6) is 0 Å².